The maximum absolute atomic E-state index is 11.7. The van der Waals surface area contributed by atoms with E-state index in [0.29, 0.717) is 18.8 Å². The Morgan fingerprint density at radius 3 is 2.35 bits per heavy atom. The Morgan fingerprint density at radius 1 is 1.24 bits per heavy atom. The van der Waals surface area contributed by atoms with Gasteiger partial charge in [-0.2, -0.15) is 0 Å². The van der Waals surface area contributed by atoms with Crippen LogP contribution in [0.3, 0.4) is 0 Å². The van der Waals surface area contributed by atoms with E-state index >= 15 is 0 Å². The van der Waals surface area contributed by atoms with Crippen molar-refractivity contribution in [2.75, 3.05) is 18.4 Å². The molecule has 0 aliphatic rings. The van der Waals surface area contributed by atoms with Gasteiger partial charge in [-0.3, -0.25) is 9.59 Å². The summed E-state index contributed by atoms with van der Waals surface area (Å²) in [5.74, 6) is -1.12. The first-order valence-corrected chi connectivity index (χ1v) is 6.24. The van der Waals surface area contributed by atoms with Crippen LogP contribution in [0.15, 0.2) is 28.7 Å². The number of carbonyl (C=O) groups is 2. The predicted octanol–water partition coefficient (Wildman–Crippen LogP) is 2.26. The zero-order valence-electron chi connectivity index (χ0n) is 9.87. The molecular weight excluding hydrogens is 284 g/mol. The number of para-hydroxylation sites is 1. The number of rotatable bonds is 3. The zero-order chi connectivity index (χ0) is 12.8. The fourth-order valence-electron chi connectivity index (χ4n) is 1.39. The van der Waals surface area contributed by atoms with Gasteiger partial charge in [0.25, 0.3) is 0 Å². The number of hydrogen-bond donors (Lipinski definition) is 1. The first-order valence-electron chi connectivity index (χ1n) is 5.44. The maximum atomic E-state index is 11.7. The lowest BCUT2D eigenvalue weighted by Crippen LogP contribution is -2.39. The molecule has 0 aliphatic heterocycles. The van der Waals surface area contributed by atoms with E-state index in [1.807, 2.05) is 19.9 Å². The van der Waals surface area contributed by atoms with Gasteiger partial charge < -0.3 is 10.2 Å². The number of nitrogens with zero attached hydrogens (tertiary/aromatic N) is 1. The number of hydrogen-bond acceptors (Lipinski definition) is 2. The molecule has 1 rings (SSSR count). The van der Waals surface area contributed by atoms with Crippen molar-refractivity contribution in [2.45, 2.75) is 13.8 Å². The lowest BCUT2D eigenvalue weighted by molar-refractivity contribution is -0.142. The number of benzene rings is 1. The van der Waals surface area contributed by atoms with Gasteiger partial charge in [0, 0.05) is 17.6 Å². The second-order valence-corrected chi connectivity index (χ2v) is 4.27. The number of amides is 2. The molecule has 0 aromatic heterocycles. The molecule has 0 heterocycles. The van der Waals surface area contributed by atoms with Gasteiger partial charge in [-0.05, 0) is 41.9 Å². The fraction of sp³-hybridized carbons (Fsp3) is 0.333. The van der Waals surface area contributed by atoms with E-state index < -0.39 is 11.8 Å². The third-order valence-electron chi connectivity index (χ3n) is 2.37. The molecule has 4 nitrogen and oxygen atoms in total. The largest absolute Gasteiger partial charge is 0.335 e. The molecule has 0 radical (unpaired) electrons. The Morgan fingerprint density at radius 2 is 1.82 bits per heavy atom. The minimum absolute atomic E-state index is 0.509. The Bertz CT molecular complexity index is 417. The minimum atomic E-state index is -0.611. The van der Waals surface area contributed by atoms with Gasteiger partial charge in [0.1, 0.15) is 0 Å². The van der Waals surface area contributed by atoms with Crippen molar-refractivity contribution in [3.63, 3.8) is 0 Å². The lowest BCUT2D eigenvalue weighted by atomic mass is 10.3. The Hall–Kier alpha value is -1.36. The molecular formula is C12H15BrN2O2. The highest BCUT2D eigenvalue weighted by molar-refractivity contribution is 9.10. The lowest BCUT2D eigenvalue weighted by Gasteiger charge is -2.17. The topological polar surface area (TPSA) is 49.4 Å². The van der Waals surface area contributed by atoms with Crippen LogP contribution in [0.1, 0.15) is 13.8 Å². The van der Waals surface area contributed by atoms with E-state index in [4.69, 9.17) is 0 Å². The van der Waals surface area contributed by atoms with E-state index in [1.165, 1.54) is 4.90 Å². The van der Waals surface area contributed by atoms with Crippen molar-refractivity contribution in [2.24, 2.45) is 0 Å². The molecule has 0 unspecified atom stereocenters. The molecule has 1 aromatic carbocycles. The number of halogens is 1. The van der Waals surface area contributed by atoms with Gasteiger partial charge in [-0.25, -0.2) is 0 Å². The molecule has 1 N–H and O–H groups in total. The quantitative estimate of drug-likeness (QED) is 0.870. The van der Waals surface area contributed by atoms with Gasteiger partial charge in [0.15, 0.2) is 0 Å². The molecule has 0 aliphatic carbocycles. The van der Waals surface area contributed by atoms with Crippen molar-refractivity contribution in [1.82, 2.24) is 4.90 Å². The summed E-state index contributed by atoms with van der Waals surface area (Å²) in [5.41, 5.74) is 0.595. The van der Waals surface area contributed by atoms with Crippen LogP contribution in [-0.4, -0.2) is 29.8 Å². The first-order chi connectivity index (χ1) is 8.10. The minimum Gasteiger partial charge on any atom is -0.335 e. The summed E-state index contributed by atoms with van der Waals surface area (Å²) >= 11 is 3.31. The standard InChI is InChI=1S/C12H15BrN2O2/c1-3-15(4-2)12(17)11(16)14-10-8-6-5-7-9(10)13/h5-8H,3-4H2,1-2H3,(H,14,16). The Kier molecular flexibility index (Phi) is 5.15. The van der Waals surface area contributed by atoms with E-state index in [0.717, 1.165) is 4.47 Å². The van der Waals surface area contributed by atoms with Crippen molar-refractivity contribution in [3.8, 4) is 0 Å². The van der Waals surface area contributed by atoms with Crippen molar-refractivity contribution in [3.05, 3.63) is 28.7 Å². The Labute approximate surface area is 109 Å². The third kappa shape index (κ3) is 3.56. The Balaban J connectivity index is 2.73. The summed E-state index contributed by atoms with van der Waals surface area (Å²) in [6.07, 6.45) is 0. The van der Waals surface area contributed by atoms with Gasteiger partial charge in [-0.1, -0.05) is 12.1 Å². The van der Waals surface area contributed by atoms with E-state index in [9.17, 15) is 9.59 Å². The molecule has 1 aromatic rings. The molecule has 0 fully saturated rings. The molecule has 0 saturated carbocycles. The smallest absolute Gasteiger partial charge is 0.313 e. The van der Waals surface area contributed by atoms with Crippen LogP contribution in [0, 0.1) is 0 Å². The summed E-state index contributed by atoms with van der Waals surface area (Å²) in [4.78, 5) is 24.9. The summed E-state index contributed by atoms with van der Waals surface area (Å²) in [5, 5.41) is 2.58. The predicted molar refractivity (Wildman–Crippen MR) is 70.7 cm³/mol. The van der Waals surface area contributed by atoms with E-state index in [2.05, 4.69) is 21.2 Å². The van der Waals surface area contributed by atoms with Crippen LogP contribution in [-0.2, 0) is 9.59 Å². The molecule has 0 bridgehead atoms. The first kappa shape index (κ1) is 13.7. The number of anilines is 1. The molecule has 0 saturated heterocycles. The summed E-state index contributed by atoms with van der Waals surface area (Å²) < 4.78 is 0.751. The van der Waals surface area contributed by atoms with Gasteiger partial charge >= 0.3 is 11.8 Å². The second-order valence-electron chi connectivity index (χ2n) is 3.41. The second kappa shape index (κ2) is 6.39. The molecule has 17 heavy (non-hydrogen) atoms. The van der Waals surface area contributed by atoms with Crippen LogP contribution in [0.25, 0.3) is 0 Å². The highest BCUT2D eigenvalue weighted by atomic mass is 79.9. The molecule has 92 valence electrons. The number of likely N-dealkylation sites (N-methyl/N-ethyl adjacent to an activating group) is 1. The van der Waals surface area contributed by atoms with E-state index in [1.54, 1.807) is 18.2 Å². The average molecular weight is 299 g/mol. The summed E-state index contributed by atoms with van der Waals surface area (Å²) in [7, 11) is 0. The van der Waals surface area contributed by atoms with E-state index in [-0.39, 0.29) is 0 Å². The fourth-order valence-corrected chi connectivity index (χ4v) is 1.78. The maximum Gasteiger partial charge on any atom is 0.313 e. The SMILES string of the molecule is CCN(CC)C(=O)C(=O)Nc1ccccc1Br. The number of nitrogens with one attached hydrogen (secondary N) is 1. The van der Waals surface area contributed by atoms with Crippen LogP contribution in [0.4, 0.5) is 5.69 Å². The van der Waals surface area contributed by atoms with Crippen LogP contribution in [0.2, 0.25) is 0 Å². The highest BCUT2D eigenvalue weighted by Gasteiger charge is 2.19. The summed E-state index contributed by atoms with van der Waals surface area (Å²) in [6.45, 7) is 4.73. The summed E-state index contributed by atoms with van der Waals surface area (Å²) in [6, 6.07) is 7.17. The van der Waals surface area contributed by atoms with Crippen molar-refractivity contribution in [1.29, 1.82) is 0 Å². The normalized spacial score (nSPS) is 9.82. The van der Waals surface area contributed by atoms with Crippen molar-refractivity contribution < 1.29 is 9.59 Å². The van der Waals surface area contributed by atoms with Gasteiger partial charge in [0.2, 0.25) is 0 Å². The van der Waals surface area contributed by atoms with Gasteiger partial charge in [0.05, 0.1) is 5.69 Å². The molecule has 2 amide bonds. The van der Waals surface area contributed by atoms with Crippen molar-refractivity contribution >= 4 is 33.4 Å². The van der Waals surface area contributed by atoms with Crippen LogP contribution in [0.5, 0.6) is 0 Å². The monoisotopic (exact) mass is 298 g/mol. The number of carbonyl (C=O) groups excluding carboxylic acids is 2. The third-order valence-corrected chi connectivity index (χ3v) is 3.06. The average Bonchev–Trinajstić information content (AvgIpc) is 2.33. The zero-order valence-corrected chi connectivity index (χ0v) is 11.5. The molecule has 5 heteroatoms. The molecule has 0 spiro atoms. The van der Waals surface area contributed by atoms with Gasteiger partial charge in [-0.15, -0.1) is 0 Å². The highest BCUT2D eigenvalue weighted by Crippen LogP contribution is 2.21. The van der Waals surface area contributed by atoms with Crippen LogP contribution < -0.4 is 5.32 Å². The van der Waals surface area contributed by atoms with Crippen LogP contribution >= 0.6 is 15.9 Å². The molecule has 0 atom stereocenters.